The largest absolute Gasteiger partial charge is 2.00 e. The van der Waals surface area contributed by atoms with Gasteiger partial charge in [-0.2, -0.15) is 0 Å². The van der Waals surface area contributed by atoms with Crippen LogP contribution >= 0.6 is 0 Å². The molecular weight excluding hydrogens is 1360 g/mol. The number of aliphatic hydroxyl groups is 1. The van der Waals surface area contributed by atoms with Crippen molar-refractivity contribution >= 4 is 99.5 Å². The number of carboxylic acids is 4. The second-order valence-corrected chi connectivity index (χ2v) is 23.9. The average Bonchev–Trinajstić information content (AvgIpc) is 0.966. The van der Waals surface area contributed by atoms with Crippen molar-refractivity contribution in [3.05, 3.63) is 71.6 Å². The summed E-state index contributed by atoms with van der Waals surface area (Å²) in [6, 6.07) is 0. The maximum Gasteiger partial charge on any atom is 2.00 e. The van der Waals surface area contributed by atoms with Crippen molar-refractivity contribution in [1.82, 2.24) is 0 Å². The third kappa shape index (κ3) is 124. The van der Waals surface area contributed by atoms with E-state index in [1.54, 1.807) is 54.5 Å². The number of esters is 3. The summed E-state index contributed by atoms with van der Waals surface area (Å²) in [5, 5.41) is 65.1. The van der Waals surface area contributed by atoms with Crippen molar-refractivity contribution in [3.63, 3.8) is 0 Å². The second-order valence-electron chi connectivity index (χ2n) is 23.9. The van der Waals surface area contributed by atoms with Crippen molar-refractivity contribution in [2.24, 2.45) is 21.7 Å². The van der Waals surface area contributed by atoms with Gasteiger partial charge in [0.15, 0.2) is 0 Å². The number of ether oxygens (including phenoxy) is 8. The number of carboxylic acid groups (broad SMARTS) is 4. The minimum atomic E-state index is -1.53. The summed E-state index contributed by atoms with van der Waals surface area (Å²) in [7, 11) is 0. The first kappa shape index (κ1) is 133. The zero-order valence-corrected chi connectivity index (χ0v) is 74.0. The number of allylic oxidation sites excluding steroid dienone is 6. The number of aliphatic carboxylic acids is 4. The Morgan fingerprint density at radius 3 is 0.960 bits per heavy atom. The van der Waals surface area contributed by atoms with Crippen molar-refractivity contribution in [1.29, 1.82) is 0 Å². The van der Waals surface area contributed by atoms with E-state index in [1.165, 1.54) is 6.08 Å². The van der Waals surface area contributed by atoms with Crippen LogP contribution in [0, 0.1) is 21.7 Å². The molecule has 574 valence electrons. The molecule has 0 aliphatic rings. The predicted molar refractivity (Wildman–Crippen MR) is 376 cm³/mol. The minimum absolute atomic E-state index is 0. The van der Waals surface area contributed by atoms with E-state index >= 15 is 0 Å². The number of ketones is 2. The number of carbonyl (C=O) groups is 9. The summed E-state index contributed by atoms with van der Waals surface area (Å²) in [5.41, 5.74) is 1.71. The van der Waals surface area contributed by atoms with Gasteiger partial charge < -0.3 is 94.2 Å². The predicted octanol–water partition coefficient (Wildman–Crippen LogP) is 3.04. The van der Waals surface area contributed by atoms with Gasteiger partial charge in [0.2, 0.25) is 0 Å². The van der Waals surface area contributed by atoms with Gasteiger partial charge >= 0.3 is 135 Å². The SMILES string of the molecule is C/C=C/C(C)(C)CC(=O)CC(=O)OCC.C/C=C/C(C)(C)CC(=O)O.CC(C)=CC(C)O.CCCC(C)(C)CC(=O)CC(=O)OCC.CCCC(C)(C)CC(=O)O.CCOC(=O)C=C(C)C.CCOC(C)(OCC)OCC.CCOC([O-])=CC(=O)[O-].CCOC([O-])=CC(=O)[O-].[Mg+2].[Mg+2].[Na+].[Na+].[OH-].[OH-]. The molecule has 0 fully saturated rings. The number of hydrogen-bond donors (Lipinski definition) is 3. The first-order chi connectivity index (χ1) is 43.6. The number of aliphatic hydroxyl groups excluding tert-OH is 1. The van der Waals surface area contributed by atoms with Gasteiger partial charge in [0.25, 0.3) is 5.97 Å². The summed E-state index contributed by atoms with van der Waals surface area (Å²) >= 11 is 0. The van der Waals surface area contributed by atoms with Gasteiger partial charge in [-0.25, -0.2) is 4.79 Å². The van der Waals surface area contributed by atoms with E-state index in [4.69, 9.17) is 39.0 Å². The summed E-state index contributed by atoms with van der Waals surface area (Å²) in [5.74, 6) is -8.30. The van der Waals surface area contributed by atoms with E-state index < -0.39 is 53.7 Å². The Kier molecular flexibility index (Phi) is 111. The first-order valence-corrected chi connectivity index (χ1v) is 32.2. The molecule has 1 unspecified atom stereocenters. The third-order valence-corrected chi connectivity index (χ3v) is 10.5. The van der Waals surface area contributed by atoms with Gasteiger partial charge in [0.05, 0.1) is 62.6 Å². The fourth-order valence-electron chi connectivity index (χ4n) is 7.64. The number of rotatable bonds is 35. The van der Waals surface area contributed by atoms with Gasteiger partial charge in [0, 0.05) is 45.7 Å². The van der Waals surface area contributed by atoms with Crippen LogP contribution < -0.4 is 79.5 Å². The Balaban J connectivity index is -0.0000000635. The zero-order valence-electron chi connectivity index (χ0n) is 67.1. The minimum Gasteiger partial charge on any atom is -0.870 e. The van der Waals surface area contributed by atoms with Crippen LogP contribution in [0.2, 0.25) is 0 Å². The Bertz CT molecular complexity index is 2220. The Morgan fingerprint density at radius 2 is 0.733 bits per heavy atom. The van der Waals surface area contributed by atoms with Crippen LogP contribution in [0.15, 0.2) is 71.6 Å². The molecule has 0 spiro atoms. The molecule has 26 nitrogen and oxygen atoms in total. The molecule has 0 rings (SSSR count). The molecular formula is C71H128Mg2Na2O26. The van der Waals surface area contributed by atoms with Crippen LogP contribution in [0.25, 0.3) is 0 Å². The van der Waals surface area contributed by atoms with Crippen LogP contribution in [0.5, 0.6) is 0 Å². The molecule has 30 heteroatoms. The molecule has 0 saturated heterocycles. The monoisotopic (exact) mass is 1490 g/mol. The topological polar surface area (TPSA) is 440 Å². The van der Waals surface area contributed by atoms with Gasteiger partial charge in [-0.05, 0) is 150 Å². The fraction of sp³-hybridized carbons (Fsp3) is 0.704. The van der Waals surface area contributed by atoms with E-state index in [0.29, 0.717) is 64.6 Å². The van der Waals surface area contributed by atoms with Crippen LogP contribution in [-0.4, -0.2) is 191 Å². The molecule has 0 saturated carbocycles. The summed E-state index contributed by atoms with van der Waals surface area (Å²) in [6.45, 7) is 52.4. The smallest absolute Gasteiger partial charge is 0.870 e. The van der Waals surface area contributed by atoms with E-state index in [2.05, 4.69) is 41.9 Å². The quantitative estimate of drug-likeness (QED) is 0.0120. The van der Waals surface area contributed by atoms with E-state index in [0.717, 1.165) is 36.8 Å². The van der Waals surface area contributed by atoms with Crippen molar-refractivity contribution < 1.29 is 187 Å². The Hall–Kier alpha value is -3.44. The average molecular weight is 1490 g/mol. The standard InChI is InChI=1S/C12H22O3.C12H20O3.C8H18O3.C8H16O2.C8H14O2.C7H12O2.C6H12O.2C5H8O4.2Mg.2Na.2H2O/c2*1-5-7-12(3,4)9-10(13)8-11(14)15-6-2;1-5-9-8(4,10-6-2)11-7-3;2*1-4-5-8(2,3)6-7(9)10;1-4-9-7(8)5-6(2)3;1-5(2)4-6(3)7;2*1-2-9-5(8)3-4(6)7;;;;;;/h5-9H2,1-4H3;5,7H,6,8-9H2,1-4H3;5-7H2,1-4H3;4-6H2,1-3H3,(H,9,10);4-5H,6H2,1-3H3,(H,9,10);5H,4H2,1-3H3;4,6-7H,1-3H3;2*3,8H,2H2,1H3,(H,6,7);;;;;2*1H2/q;;;;;;;;;2*+2;2*+1;;/p-6/b;7-5+;;;5-4+;;;;;;;;;;. The molecule has 0 aromatic heterocycles. The summed E-state index contributed by atoms with van der Waals surface area (Å²) in [6.07, 6.45) is 16.6. The molecule has 0 bridgehead atoms. The van der Waals surface area contributed by atoms with Crippen LogP contribution in [0.4, 0.5) is 0 Å². The van der Waals surface area contributed by atoms with Gasteiger partial charge in [-0.1, -0.05) is 137 Å². The van der Waals surface area contributed by atoms with Gasteiger partial charge in [0.1, 0.15) is 24.4 Å². The molecule has 0 aliphatic carbocycles. The molecule has 5 N–H and O–H groups in total. The maximum atomic E-state index is 11.5. The molecule has 0 aliphatic heterocycles. The molecule has 0 amide bonds. The molecule has 0 radical (unpaired) electrons. The van der Waals surface area contributed by atoms with Gasteiger partial charge in [-0.15, -0.1) is 0 Å². The fourth-order valence-corrected chi connectivity index (χ4v) is 7.64. The maximum absolute atomic E-state index is 11.5. The van der Waals surface area contributed by atoms with E-state index in [1.807, 2.05) is 128 Å². The third-order valence-electron chi connectivity index (χ3n) is 10.5. The Labute approximate surface area is 682 Å². The zero-order chi connectivity index (χ0) is 76.6. The summed E-state index contributed by atoms with van der Waals surface area (Å²) < 4.78 is 38.3. The summed E-state index contributed by atoms with van der Waals surface area (Å²) in [4.78, 5) is 95.4. The number of Topliss-reactive ketones (excluding diaryl/α,β-unsaturated/α-hetero) is 2. The molecule has 0 heterocycles. The van der Waals surface area contributed by atoms with Crippen molar-refractivity contribution in [2.45, 2.75) is 256 Å². The number of carbonyl (C=O) groups excluding carboxylic acids is 7. The normalized spacial score (nSPS) is 10.7. The Morgan fingerprint density at radius 1 is 0.436 bits per heavy atom. The van der Waals surface area contributed by atoms with Crippen LogP contribution in [-0.2, 0) is 81.0 Å². The van der Waals surface area contributed by atoms with Gasteiger partial charge in [-0.3, -0.25) is 28.8 Å². The number of hydrogen-bond acceptors (Lipinski definition) is 24. The molecule has 0 aromatic rings. The van der Waals surface area contributed by atoms with E-state index in [9.17, 15) is 63.6 Å². The molecule has 0 aromatic carbocycles. The second kappa shape index (κ2) is 83.8. The van der Waals surface area contributed by atoms with Crippen molar-refractivity contribution in [2.75, 3.05) is 52.9 Å². The van der Waals surface area contributed by atoms with E-state index in [-0.39, 0.29) is 200 Å². The van der Waals surface area contributed by atoms with Crippen LogP contribution in [0.1, 0.15) is 244 Å². The molecule has 101 heavy (non-hydrogen) atoms. The molecule has 1 atom stereocenters. The van der Waals surface area contributed by atoms with Crippen molar-refractivity contribution in [3.8, 4) is 0 Å². The van der Waals surface area contributed by atoms with Crippen LogP contribution in [0.3, 0.4) is 0 Å². The first-order valence-electron chi connectivity index (χ1n) is 32.2.